The van der Waals surface area contributed by atoms with Crippen LogP contribution in [0.15, 0.2) is 16.9 Å². The van der Waals surface area contributed by atoms with E-state index in [9.17, 15) is 4.79 Å². The number of halogens is 1. The van der Waals surface area contributed by atoms with Gasteiger partial charge in [0.05, 0.1) is 22.0 Å². The molecule has 6 heteroatoms. The maximum absolute atomic E-state index is 11.1. The maximum Gasteiger partial charge on any atom is 0.221 e. The number of hydrogen-bond acceptors (Lipinski definition) is 4. The van der Waals surface area contributed by atoms with Crippen molar-refractivity contribution in [2.75, 3.05) is 31.3 Å². The van der Waals surface area contributed by atoms with Gasteiger partial charge in [0.25, 0.3) is 0 Å². The van der Waals surface area contributed by atoms with Crippen LogP contribution >= 0.6 is 15.9 Å². The second kappa shape index (κ2) is 5.69. The smallest absolute Gasteiger partial charge is 0.221 e. The molecule has 16 heavy (non-hydrogen) atoms. The Balaban J connectivity index is 2.73. The Bertz CT molecular complexity index is 363. The van der Waals surface area contributed by atoms with Crippen molar-refractivity contribution in [2.24, 2.45) is 0 Å². The lowest BCUT2D eigenvalue weighted by atomic mass is 10.3. The topological polar surface area (TPSA) is 71.2 Å². The lowest BCUT2D eigenvalue weighted by molar-refractivity contribution is -0.120. The van der Waals surface area contributed by atoms with Gasteiger partial charge in [-0.05, 0) is 15.9 Å². The number of rotatable bonds is 4. The summed E-state index contributed by atoms with van der Waals surface area (Å²) in [5.74, 6) is 0.00981. The van der Waals surface area contributed by atoms with Gasteiger partial charge < -0.3 is 16.0 Å². The van der Waals surface area contributed by atoms with E-state index in [-0.39, 0.29) is 5.91 Å². The highest BCUT2D eigenvalue weighted by molar-refractivity contribution is 9.10. The minimum absolute atomic E-state index is 0.00981. The molecule has 0 fully saturated rings. The van der Waals surface area contributed by atoms with Gasteiger partial charge in [-0.25, -0.2) is 0 Å². The van der Waals surface area contributed by atoms with Crippen LogP contribution in [0.5, 0.6) is 0 Å². The first-order valence-corrected chi connectivity index (χ1v) is 5.66. The molecule has 0 unspecified atom stereocenters. The molecule has 0 bridgehead atoms. The van der Waals surface area contributed by atoms with Crippen LogP contribution in [-0.2, 0) is 4.79 Å². The molecule has 0 spiro atoms. The first kappa shape index (κ1) is 12.8. The Labute approximate surface area is 103 Å². The summed E-state index contributed by atoms with van der Waals surface area (Å²) < 4.78 is 0.826. The summed E-state index contributed by atoms with van der Waals surface area (Å²) in [5.41, 5.74) is 7.28. The molecule has 88 valence electrons. The summed E-state index contributed by atoms with van der Waals surface area (Å²) >= 11 is 3.39. The minimum Gasteiger partial charge on any atom is -0.396 e. The molecule has 0 aliphatic heterocycles. The number of amides is 1. The molecule has 1 rings (SSSR count). The van der Waals surface area contributed by atoms with Crippen molar-refractivity contribution in [2.45, 2.75) is 6.42 Å². The van der Waals surface area contributed by atoms with E-state index in [0.29, 0.717) is 18.7 Å². The van der Waals surface area contributed by atoms with Crippen LogP contribution in [0.1, 0.15) is 6.42 Å². The van der Waals surface area contributed by atoms with Crippen LogP contribution in [0.25, 0.3) is 0 Å². The third-order valence-corrected chi connectivity index (χ3v) is 2.82. The zero-order chi connectivity index (χ0) is 12.1. The van der Waals surface area contributed by atoms with E-state index in [0.717, 1.165) is 10.2 Å². The molecule has 1 amide bonds. The average molecular weight is 287 g/mol. The quantitative estimate of drug-likeness (QED) is 0.866. The van der Waals surface area contributed by atoms with Gasteiger partial charge in [0, 0.05) is 33.3 Å². The SMILES string of the molecule is CNC(=O)CCN(C)c1c(N)cncc1Br. The van der Waals surface area contributed by atoms with E-state index in [4.69, 9.17) is 5.73 Å². The second-order valence-corrected chi connectivity index (χ2v) is 4.26. The highest BCUT2D eigenvalue weighted by Crippen LogP contribution is 2.30. The van der Waals surface area contributed by atoms with Gasteiger partial charge in [-0.15, -0.1) is 0 Å². The number of nitrogens with zero attached hydrogens (tertiary/aromatic N) is 2. The average Bonchev–Trinajstić information content (AvgIpc) is 2.25. The van der Waals surface area contributed by atoms with Crippen LogP contribution in [0.2, 0.25) is 0 Å². The first-order chi connectivity index (χ1) is 7.56. The summed E-state index contributed by atoms with van der Waals surface area (Å²) in [7, 11) is 3.51. The van der Waals surface area contributed by atoms with Gasteiger partial charge >= 0.3 is 0 Å². The summed E-state index contributed by atoms with van der Waals surface area (Å²) in [4.78, 5) is 17.0. The molecular formula is C10H15BrN4O. The highest BCUT2D eigenvalue weighted by atomic mass is 79.9. The third kappa shape index (κ3) is 3.10. The fourth-order valence-corrected chi connectivity index (χ4v) is 2.00. The number of anilines is 2. The van der Waals surface area contributed by atoms with E-state index in [1.807, 2.05) is 11.9 Å². The monoisotopic (exact) mass is 286 g/mol. The van der Waals surface area contributed by atoms with Gasteiger partial charge in [0.15, 0.2) is 0 Å². The molecule has 0 aromatic carbocycles. The van der Waals surface area contributed by atoms with Crippen LogP contribution in [0.4, 0.5) is 11.4 Å². The fourth-order valence-electron chi connectivity index (χ4n) is 1.35. The predicted octanol–water partition coefficient (Wildman–Crippen LogP) is 0.999. The molecule has 1 aromatic rings. The van der Waals surface area contributed by atoms with E-state index >= 15 is 0 Å². The normalized spacial score (nSPS) is 9.94. The zero-order valence-electron chi connectivity index (χ0n) is 9.33. The minimum atomic E-state index is 0.00981. The maximum atomic E-state index is 11.1. The number of nitrogens with two attached hydrogens (primary N) is 1. The summed E-state index contributed by atoms with van der Waals surface area (Å²) in [6, 6.07) is 0. The summed E-state index contributed by atoms with van der Waals surface area (Å²) in [6.07, 6.45) is 3.71. The fraction of sp³-hybridized carbons (Fsp3) is 0.400. The Morgan fingerprint density at radius 3 is 2.88 bits per heavy atom. The lowest BCUT2D eigenvalue weighted by Crippen LogP contribution is -2.27. The van der Waals surface area contributed by atoms with Gasteiger partial charge in [0.2, 0.25) is 5.91 Å². The summed E-state index contributed by atoms with van der Waals surface area (Å²) in [5, 5.41) is 2.58. The van der Waals surface area contributed by atoms with Gasteiger partial charge in [-0.3, -0.25) is 9.78 Å². The lowest BCUT2D eigenvalue weighted by Gasteiger charge is -2.21. The van der Waals surface area contributed by atoms with Crippen molar-refractivity contribution in [1.29, 1.82) is 0 Å². The molecule has 0 aliphatic carbocycles. The second-order valence-electron chi connectivity index (χ2n) is 3.40. The first-order valence-electron chi connectivity index (χ1n) is 4.87. The van der Waals surface area contributed by atoms with Crippen molar-refractivity contribution in [1.82, 2.24) is 10.3 Å². The Morgan fingerprint density at radius 2 is 2.31 bits per heavy atom. The van der Waals surface area contributed by atoms with E-state index in [2.05, 4.69) is 26.2 Å². The molecule has 0 radical (unpaired) electrons. The number of pyridine rings is 1. The molecule has 0 saturated heterocycles. The Hall–Kier alpha value is -1.30. The van der Waals surface area contributed by atoms with Crippen molar-refractivity contribution in [3.63, 3.8) is 0 Å². The molecular weight excluding hydrogens is 272 g/mol. The van der Waals surface area contributed by atoms with Crippen LogP contribution in [-0.4, -0.2) is 31.5 Å². The zero-order valence-corrected chi connectivity index (χ0v) is 10.9. The molecule has 5 nitrogen and oxygen atoms in total. The van der Waals surface area contributed by atoms with Crippen molar-refractivity contribution in [3.05, 3.63) is 16.9 Å². The van der Waals surface area contributed by atoms with Gasteiger partial charge in [-0.1, -0.05) is 0 Å². The number of aromatic nitrogens is 1. The van der Waals surface area contributed by atoms with Crippen molar-refractivity contribution >= 4 is 33.2 Å². The molecule has 0 atom stereocenters. The van der Waals surface area contributed by atoms with Crippen LogP contribution in [0, 0.1) is 0 Å². The Morgan fingerprint density at radius 1 is 1.62 bits per heavy atom. The highest BCUT2D eigenvalue weighted by Gasteiger charge is 2.11. The van der Waals surface area contributed by atoms with E-state index in [1.165, 1.54) is 0 Å². The number of nitrogens with one attached hydrogen (secondary N) is 1. The number of carbonyl (C=O) groups excluding carboxylic acids is 1. The van der Waals surface area contributed by atoms with Crippen LogP contribution < -0.4 is 16.0 Å². The largest absolute Gasteiger partial charge is 0.396 e. The number of carbonyl (C=O) groups is 1. The molecule has 3 N–H and O–H groups in total. The molecule has 0 aliphatic rings. The molecule has 1 aromatic heterocycles. The van der Waals surface area contributed by atoms with E-state index < -0.39 is 0 Å². The number of nitrogen functional groups attached to an aromatic ring is 1. The van der Waals surface area contributed by atoms with Crippen molar-refractivity contribution < 1.29 is 4.79 Å². The molecule has 0 saturated carbocycles. The standard InChI is InChI=1S/C10H15BrN4O/c1-13-9(16)3-4-15(2)10-7(11)5-14-6-8(10)12/h5-6H,3-4,12H2,1-2H3,(H,13,16). The Kier molecular flexibility index (Phi) is 4.54. The molecule has 1 heterocycles. The van der Waals surface area contributed by atoms with Crippen molar-refractivity contribution in [3.8, 4) is 0 Å². The predicted molar refractivity (Wildman–Crippen MR) is 68.3 cm³/mol. The van der Waals surface area contributed by atoms with E-state index in [1.54, 1.807) is 19.4 Å². The van der Waals surface area contributed by atoms with Crippen LogP contribution in [0.3, 0.4) is 0 Å². The number of hydrogen-bond donors (Lipinski definition) is 2. The third-order valence-electron chi connectivity index (χ3n) is 2.24. The van der Waals surface area contributed by atoms with Gasteiger partial charge in [0.1, 0.15) is 0 Å². The van der Waals surface area contributed by atoms with Gasteiger partial charge in [-0.2, -0.15) is 0 Å². The summed E-state index contributed by atoms with van der Waals surface area (Å²) in [6.45, 7) is 0.604.